The molecule has 5 nitrogen and oxygen atoms in total. The van der Waals surface area contributed by atoms with E-state index in [0.29, 0.717) is 18.3 Å². The molecule has 0 amide bonds. The number of ether oxygens (including phenoxy) is 1. The van der Waals surface area contributed by atoms with Gasteiger partial charge < -0.3 is 15.4 Å². The van der Waals surface area contributed by atoms with Crippen LogP contribution in [0.3, 0.4) is 0 Å². The van der Waals surface area contributed by atoms with Gasteiger partial charge in [-0.05, 0) is 26.8 Å². The van der Waals surface area contributed by atoms with Crippen molar-refractivity contribution in [1.82, 2.24) is 14.9 Å². The lowest BCUT2D eigenvalue weighted by atomic mass is 10.3. The highest BCUT2D eigenvalue weighted by Crippen LogP contribution is 2.25. The summed E-state index contributed by atoms with van der Waals surface area (Å²) < 4.78 is 5.59. The Labute approximate surface area is 95.6 Å². The van der Waals surface area contributed by atoms with Gasteiger partial charge in [-0.2, -0.15) is 0 Å². The lowest BCUT2D eigenvalue weighted by Gasteiger charge is -2.16. The number of nitrogens with zero attached hydrogens (tertiary/aromatic N) is 3. The van der Waals surface area contributed by atoms with Crippen molar-refractivity contribution < 1.29 is 4.74 Å². The van der Waals surface area contributed by atoms with Crippen molar-refractivity contribution in [2.75, 3.05) is 25.9 Å². The number of anilines is 1. The largest absolute Gasteiger partial charge is 0.476 e. The summed E-state index contributed by atoms with van der Waals surface area (Å²) in [5.74, 6) is 1.08. The van der Waals surface area contributed by atoms with Gasteiger partial charge in [-0.25, -0.2) is 9.97 Å². The minimum Gasteiger partial charge on any atom is -0.476 e. The van der Waals surface area contributed by atoms with Gasteiger partial charge in [0.2, 0.25) is 5.88 Å². The summed E-state index contributed by atoms with van der Waals surface area (Å²) in [6.07, 6.45) is 4.06. The predicted octanol–water partition coefficient (Wildman–Crippen LogP) is 0.840. The Morgan fingerprint density at radius 2 is 2.25 bits per heavy atom. The van der Waals surface area contributed by atoms with E-state index >= 15 is 0 Å². The van der Waals surface area contributed by atoms with Gasteiger partial charge in [0, 0.05) is 12.6 Å². The first kappa shape index (κ1) is 11.1. The molecular weight excluding hydrogens is 204 g/mol. The Morgan fingerprint density at radius 1 is 1.50 bits per heavy atom. The average molecular weight is 222 g/mol. The number of hydrogen-bond acceptors (Lipinski definition) is 5. The van der Waals surface area contributed by atoms with Crippen molar-refractivity contribution >= 4 is 5.82 Å². The van der Waals surface area contributed by atoms with Crippen molar-refractivity contribution in [2.24, 2.45) is 0 Å². The lowest BCUT2D eigenvalue weighted by molar-refractivity contribution is 0.225. The van der Waals surface area contributed by atoms with Crippen LogP contribution in [0.25, 0.3) is 0 Å². The Morgan fingerprint density at radius 3 is 2.94 bits per heavy atom. The maximum absolute atomic E-state index is 5.67. The lowest BCUT2D eigenvalue weighted by Crippen LogP contribution is -2.26. The molecule has 0 bridgehead atoms. The average Bonchev–Trinajstić information content (AvgIpc) is 3.07. The third-order valence-corrected chi connectivity index (χ3v) is 2.93. The van der Waals surface area contributed by atoms with Crippen LogP contribution in [-0.2, 0) is 0 Å². The molecule has 1 aromatic rings. The summed E-state index contributed by atoms with van der Waals surface area (Å²) in [7, 11) is 2.13. The standard InChI is InChI=1S/C11H18N4O/c1-8-10(12)13-7-14-11(8)16-6-5-15(2)9-3-4-9/h7,9H,3-6H2,1-2H3,(H2,12,13,14). The van der Waals surface area contributed by atoms with E-state index in [9.17, 15) is 0 Å². The molecule has 0 saturated heterocycles. The highest BCUT2D eigenvalue weighted by Gasteiger charge is 2.25. The van der Waals surface area contributed by atoms with Crippen molar-refractivity contribution in [3.8, 4) is 5.88 Å². The molecule has 88 valence electrons. The number of nitrogen functional groups attached to an aromatic ring is 1. The van der Waals surface area contributed by atoms with Crippen molar-refractivity contribution in [3.05, 3.63) is 11.9 Å². The summed E-state index contributed by atoms with van der Waals surface area (Å²) in [5.41, 5.74) is 6.49. The van der Waals surface area contributed by atoms with Gasteiger partial charge in [0.15, 0.2) is 0 Å². The molecule has 0 aromatic carbocycles. The zero-order valence-corrected chi connectivity index (χ0v) is 9.81. The van der Waals surface area contributed by atoms with Crippen LogP contribution >= 0.6 is 0 Å². The molecular formula is C11H18N4O. The topological polar surface area (TPSA) is 64.3 Å². The van der Waals surface area contributed by atoms with Crippen LogP contribution in [-0.4, -0.2) is 41.1 Å². The zero-order valence-electron chi connectivity index (χ0n) is 9.81. The summed E-state index contributed by atoms with van der Waals surface area (Å²) in [6, 6.07) is 0.764. The Hall–Kier alpha value is -1.36. The normalized spacial score (nSPS) is 15.4. The maximum Gasteiger partial charge on any atom is 0.221 e. The molecule has 1 saturated carbocycles. The van der Waals surface area contributed by atoms with Gasteiger partial charge in [0.1, 0.15) is 18.8 Å². The van der Waals surface area contributed by atoms with Crippen molar-refractivity contribution in [2.45, 2.75) is 25.8 Å². The van der Waals surface area contributed by atoms with Crippen molar-refractivity contribution in [1.29, 1.82) is 0 Å². The molecule has 0 unspecified atom stereocenters. The fraction of sp³-hybridized carbons (Fsp3) is 0.636. The molecule has 5 heteroatoms. The Balaban J connectivity index is 1.82. The second kappa shape index (κ2) is 4.65. The quantitative estimate of drug-likeness (QED) is 0.799. The van der Waals surface area contributed by atoms with Crippen molar-refractivity contribution in [3.63, 3.8) is 0 Å². The van der Waals surface area contributed by atoms with Gasteiger partial charge >= 0.3 is 0 Å². The highest BCUT2D eigenvalue weighted by molar-refractivity contribution is 5.42. The molecule has 16 heavy (non-hydrogen) atoms. The molecule has 1 aromatic heterocycles. The predicted molar refractivity (Wildman–Crippen MR) is 62.3 cm³/mol. The fourth-order valence-electron chi connectivity index (χ4n) is 1.58. The van der Waals surface area contributed by atoms with E-state index in [1.807, 2.05) is 6.92 Å². The van der Waals surface area contributed by atoms with Gasteiger partial charge in [-0.1, -0.05) is 0 Å². The Kier molecular flexibility index (Phi) is 3.24. The monoisotopic (exact) mass is 222 g/mol. The van der Waals surface area contributed by atoms with Crippen LogP contribution in [0.4, 0.5) is 5.82 Å². The van der Waals surface area contributed by atoms with Gasteiger partial charge in [0.05, 0.1) is 5.56 Å². The summed E-state index contributed by atoms with van der Waals surface area (Å²) in [6.45, 7) is 3.44. The fourth-order valence-corrected chi connectivity index (χ4v) is 1.58. The maximum atomic E-state index is 5.67. The molecule has 0 aliphatic heterocycles. The van der Waals surface area contributed by atoms with Crippen LogP contribution in [0.5, 0.6) is 5.88 Å². The third kappa shape index (κ3) is 2.61. The van der Waals surface area contributed by atoms with Crippen LogP contribution in [0.2, 0.25) is 0 Å². The smallest absolute Gasteiger partial charge is 0.221 e. The van der Waals surface area contributed by atoms with E-state index in [-0.39, 0.29) is 0 Å². The minimum atomic E-state index is 0.487. The molecule has 2 N–H and O–H groups in total. The number of nitrogens with two attached hydrogens (primary N) is 1. The second-order valence-corrected chi connectivity index (χ2v) is 4.25. The first-order valence-corrected chi connectivity index (χ1v) is 5.58. The first-order valence-electron chi connectivity index (χ1n) is 5.58. The van der Waals surface area contributed by atoms with E-state index in [1.165, 1.54) is 19.2 Å². The van der Waals surface area contributed by atoms with E-state index in [0.717, 1.165) is 18.2 Å². The summed E-state index contributed by atoms with van der Waals surface area (Å²) in [5, 5.41) is 0. The molecule has 1 fully saturated rings. The molecule has 0 spiro atoms. The van der Waals surface area contributed by atoms with E-state index < -0.39 is 0 Å². The van der Waals surface area contributed by atoms with Gasteiger partial charge in [-0.3, -0.25) is 0 Å². The zero-order chi connectivity index (χ0) is 11.5. The second-order valence-electron chi connectivity index (χ2n) is 4.25. The van der Waals surface area contributed by atoms with Crippen LogP contribution in [0.1, 0.15) is 18.4 Å². The highest BCUT2D eigenvalue weighted by atomic mass is 16.5. The molecule has 1 aliphatic rings. The van der Waals surface area contributed by atoms with Crippen LogP contribution in [0, 0.1) is 6.92 Å². The number of hydrogen-bond donors (Lipinski definition) is 1. The van der Waals surface area contributed by atoms with Crippen LogP contribution in [0.15, 0.2) is 6.33 Å². The SMILES string of the molecule is Cc1c(N)ncnc1OCCN(C)C1CC1. The first-order chi connectivity index (χ1) is 7.68. The van der Waals surface area contributed by atoms with Gasteiger partial charge in [-0.15, -0.1) is 0 Å². The molecule has 2 rings (SSSR count). The van der Waals surface area contributed by atoms with E-state index in [2.05, 4.69) is 21.9 Å². The van der Waals surface area contributed by atoms with Gasteiger partial charge in [0.25, 0.3) is 0 Å². The summed E-state index contributed by atoms with van der Waals surface area (Å²) >= 11 is 0. The summed E-state index contributed by atoms with van der Waals surface area (Å²) in [4.78, 5) is 10.3. The van der Waals surface area contributed by atoms with Crippen LogP contribution < -0.4 is 10.5 Å². The molecule has 0 atom stereocenters. The molecule has 1 heterocycles. The number of aromatic nitrogens is 2. The number of rotatable bonds is 5. The Bertz CT molecular complexity index is 365. The van der Waals surface area contributed by atoms with E-state index in [1.54, 1.807) is 0 Å². The number of likely N-dealkylation sites (N-methyl/N-ethyl adjacent to an activating group) is 1. The molecule has 1 aliphatic carbocycles. The van der Waals surface area contributed by atoms with E-state index in [4.69, 9.17) is 10.5 Å². The molecule has 0 radical (unpaired) electrons. The minimum absolute atomic E-state index is 0.487. The third-order valence-electron chi connectivity index (χ3n) is 2.93.